The van der Waals surface area contributed by atoms with Crippen LogP contribution in [0.1, 0.15) is 11.1 Å². The van der Waals surface area contributed by atoms with Gasteiger partial charge in [-0.05, 0) is 48.5 Å². The summed E-state index contributed by atoms with van der Waals surface area (Å²) >= 11 is 5.23. The molecule has 0 radical (unpaired) electrons. The summed E-state index contributed by atoms with van der Waals surface area (Å²) in [6, 6.07) is 11.7. The molecule has 0 saturated heterocycles. The second-order valence-corrected chi connectivity index (χ2v) is 4.78. The zero-order valence-electron chi connectivity index (χ0n) is 11.5. The Morgan fingerprint density at radius 3 is 2.55 bits per heavy atom. The molecule has 0 aliphatic carbocycles. The lowest BCUT2D eigenvalue weighted by molar-refractivity contribution is 0.414. The maximum absolute atomic E-state index is 5.23. The largest absolute Gasteiger partial charge is 0.497 e. The van der Waals surface area contributed by atoms with Crippen LogP contribution in [0, 0.1) is 6.92 Å². The molecule has 2 rings (SSSR count). The fraction of sp³-hybridized carbons (Fsp3) is 0.200. The van der Waals surface area contributed by atoms with Gasteiger partial charge in [0.25, 0.3) is 0 Å². The summed E-state index contributed by atoms with van der Waals surface area (Å²) < 4.78 is 5.12. The first-order valence-electron chi connectivity index (χ1n) is 6.28. The number of nitrogens with zero attached hydrogens (tertiary/aromatic N) is 1. The lowest BCUT2D eigenvalue weighted by atomic mass is 10.2. The lowest BCUT2D eigenvalue weighted by Crippen LogP contribution is -2.28. The molecule has 0 bridgehead atoms. The molecule has 20 heavy (non-hydrogen) atoms. The monoisotopic (exact) mass is 287 g/mol. The minimum absolute atomic E-state index is 0.553. The van der Waals surface area contributed by atoms with Crippen LogP contribution in [-0.4, -0.2) is 17.2 Å². The highest BCUT2D eigenvalue weighted by molar-refractivity contribution is 7.80. The van der Waals surface area contributed by atoms with E-state index in [2.05, 4.69) is 15.6 Å². The van der Waals surface area contributed by atoms with Gasteiger partial charge in [0.2, 0.25) is 0 Å². The minimum atomic E-state index is 0.553. The Kier molecular flexibility index (Phi) is 4.90. The topological polar surface area (TPSA) is 46.2 Å². The van der Waals surface area contributed by atoms with Crippen LogP contribution < -0.4 is 15.4 Å². The summed E-state index contributed by atoms with van der Waals surface area (Å²) in [6.45, 7) is 2.65. The molecule has 0 atom stereocenters. The number of anilines is 1. The molecule has 5 heteroatoms. The normalized spacial score (nSPS) is 9.90. The van der Waals surface area contributed by atoms with Crippen molar-refractivity contribution < 1.29 is 4.74 Å². The Hall–Kier alpha value is -2.14. The Labute approximate surface area is 124 Å². The zero-order chi connectivity index (χ0) is 14.4. The smallest absolute Gasteiger partial charge is 0.172 e. The van der Waals surface area contributed by atoms with Crippen LogP contribution in [0.3, 0.4) is 0 Å². The highest BCUT2D eigenvalue weighted by Crippen LogP contribution is 2.11. The van der Waals surface area contributed by atoms with Gasteiger partial charge in [-0.2, -0.15) is 0 Å². The number of methoxy groups -OCH3 is 1. The Morgan fingerprint density at radius 1 is 1.20 bits per heavy atom. The van der Waals surface area contributed by atoms with E-state index < -0.39 is 0 Å². The summed E-state index contributed by atoms with van der Waals surface area (Å²) in [5.74, 6) is 1.58. The molecular formula is C15H17N3OS. The zero-order valence-corrected chi connectivity index (χ0v) is 12.3. The van der Waals surface area contributed by atoms with Crippen molar-refractivity contribution in [1.29, 1.82) is 0 Å². The van der Waals surface area contributed by atoms with E-state index in [0.717, 1.165) is 22.7 Å². The van der Waals surface area contributed by atoms with Crippen LogP contribution in [0.5, 0.6) is 5.75 Å². The van der Waals surface area contributed by atoms with Crippen LogP contribution in [0.4, 0.5) is 5.82 Å². The van der Waals surface area contributed by atoms with E-state index in [1.54, 1.807) is 13.3 Å². The number of benzene rings is 1. The predicted octanol–water partition coefficient (Wildman–Crippen LogP) is 2.89. The fourth-order valence-corrected chi connectivity index (χ4v) is 1.80. The van der Waals surface area contributed by atoms with Gasteiger partial charge in [0.05, 0.1) is 7.11 Å². The van der Waals surface area contributed by atoms with Crippen molar-refractivity contribution in [2.24, 2.45) is 0 Å². The summed E-state index contributed by atoms with van der Waals surface area (Å²) in [5, 5.41) is 6.74. The van der Waals surface area contributed by atoms with Gasteiger partial charge >= 0.3 is 0 Å². The van der Waals surface area contributed by atoms with Gasteiger partial charge < -0.3 is 15.4 Å². The number of ether oxygens (including phenoxy) is 1. The standard InChI is InChI=1S/C15H17N3OS/c1-11-3-8-14(16-9-11)18-15(20)17-10-12-4-6-13(19-2)7-5-12/h3-9H,10H2,1-2H3,(H2,16,17,18,20). The molecule has 0 aliphatic heterocycles. The third kappa shape index (κ3) is 4.20. The highest BCUT2D eigenvalue weighted by Gasteiger charge is 1.99. The molecule has 0 spiro atoms. The molecule has 2 N–H and O–H groups in total. The maximum Gasteiger partial charge on any atom is 0.172 e. The molecule has 0 unspecified atom stereocenters. The summed E-state index contributed by atoms with van der Waals surface area (Å²) in [7, 11) is 1.65. The Balaban J connectivity index is 1.83. The van der Waals surface area contributed by atoms with E-state index in [9.17, 15) is 0 Å². The van der Waals surface area contributed by atoms with Crippen molar-refractivity contribution in [2.75, 3.05) is 12.4 Å². The van der Waals surface area contributed by atoms with Crippen molar-refractivity contribution in [1.82, 2.24) is 10.3 Å². The molecule has 0 saturated carbocycles. The van der Waals surface area contributed by atoms with Crippen molar-refractivity contribution in [3.05, 3.63) is 53.7 Å². The van der Waals surface area contributed by atoms with E-state index in [1.807, 2.05) is 43.3 Å². The number of thiocarbonyl (C=S) groups is 1. The molecule has 0 aliphatic rings. The van der Waals surface area contributed by atoms with Crippen LogP contribution >= 0.6 is 12.2 Å². The van der Waals surface area contributed by atoms with Gasteiger partial charge in [0.1, 0.15) is 11.6 Å². The summed E-state index contributed by atoms with van der Waals surface area (Å²) in [5.41, 5.74) is 2.25. The number of nitrogens with one attached hydrogen (secondary N) is 2. The van der Waals surface area contributed by atoms with Crippen LogP contribution in [0.15, 0.2) is 42.6 Å². The number of aromatic nitrogens is 1. The molecule has 1 heterocycles. The number of pyridine rings is 1. The average Bonchev–Trinajstić information content (AvgIpc) is 2.48. The van der Waals surface area contributed by atoms with Crippen LogP contribution in [-0.2, 0) is 6.54 Å². The Morgan fingerprint density at radius 2 is 1.95 bits per heavy atom. The molecule has 2 aromatic rings. The molecule has 4 nitrogen and oxygen atoms in total. The van der Waals surface area contributed by atoms with E-state index in [0.29, 0.717) is 11.7 Å². The SMILES string of the molecule is COc1ccc(CNC(=S)Nc2ccc(C)cn2)cc1. The first kappa shape index (κ1) is 14.3. The van der Waals surface area contributed by atoms with E-state index >= 15 is 0 Å². The van der Waals surface area contributed by atoms with Crippen LogP contribution in [0.2, 0.25) is 0 Å². The number of hydrogen-bond donors (Lipinski definition) is 2. The van der Waals surface area contributed by atoms with Crippen LogP contribution in [0.25, 0.3) is 0 Å². The number of rotatable bonds is 4. The van der Waals surface area contributed by atoms with Gasteiger partial charge in [-0.1, -0.05) is 18.2 Å². The first-order valence-corrected chi connectivity index (χ1v) is 6.68. The number of aryl methyl sites for hydroxylation is 1. The minimum Gasteiger partial charge on any atom is -0.497 e. The summed E-state index contributed by atoms with van der Waals surface area (Å²) in [6.07, 6.45) is 1.80. The molecule has 1 aromatic carbocycles. The molecule has 104 valence electrons. The van der Waals surface area contributed by atoms with E-state index in [4.69, 9.17) is 17.0 Å². The fourth-order valence-electron chi connectivity index (χ4n) is 1.63. The van der Waals surface area contributed by atoms with Gasteiger partial charge in [-0.3, -0.25) is 0 Å². The third-order valence-corrected chi connectivity index (χ3v) is 3.01. The number of hydrogen-bond acceptors (Lipinski definition) is 3. The lowest BCUT2D eigenvalue weighted by Gasteiger charge is -2.10. The van der Waals surface area contributed by atoms with Gasteiger partial charge in [0, 0.05) is 12.7 Å². The molecule has 0 amide bonds. The van der Waals surface area contributed by atoms with Gasteiger partial charge in [0.15, 0.2) is 5.11 Å². The second kappa shape index (κ2) is 6.86. The average molecular weight is 287 g/mol. The van der Waals surface area contributed by atoms with Crippen molar-refractivity contribution >= 4 is 23.1 Å². The van der Waals surface area contributed by atoms with E-state index in [1.165, 1.54) is 0 Å². The van der Waals surface area contributed by atoms with Gasteiger partial charge in [-0.15, -0.1) is 0 Å². The van der Waals surface area contributed by atoms with Crippen molar-refractivity contribution in [3.8, 4) is 5.75 Å². The highest BCUT2D eigenvalue weighted by atomic mass is 32.1. The van der Waals surface area contributed by atoms with E-state index in [-0.39, 0.29) is 0 Å². The van der Waals surface area contributed by atoms with Gasteiger partial charge in [-0.25, -0.2) is 4.98 Å². The molecular weight excluding hydrogens is 270 g/mol. The predicted molar refractivity (Wildman–Crippen MR) is 85.0 cm³/mol. The van der Waals surface area contributed by atoms with Crippen molar-refractivity contribution in [2.45, 2.75) is 13.5 Å². The quantitative estimate of drug-likeness (QED) is 0.847. The first-order chi connectivity index (χ1) is 9.67. The third-order valence-electron chi connectivity index (χ3n) is 2.77. The molecule has 0 fully saturated rings. The summed E-state index contributed by atoms with van der Waals surface area (Å²) in [4.78, 5) is 4.24. The Bertz CT molecular complexity index is 567. The molecule has 1 aromatic heterocycles. The van der Waals surface area contributed by atoms with Crippen molar-refractivity contribution in [3.63, 3.8) is 0 Å². The second-order valence-electron chi connectivity index (χ2n) is 4.38. The maximum atomic E-state index is 5.23.